The number of carbonyl (C=O) groups excluding carboxylic acids is 1. The molecule has 0 aromatic rings. The summed E-state index contributed by atoms with van der Waals surface area (Å²) in [5.74, 6) is -1.16. The van der Waals surface area contributed by atoms with Gasteiger partial charge in [-0.3, -0.25) is 4.79 Å². The number of carboxylic acid groups (broad SMARTS) is 1. The van der Waals surface area contributed by atoms with Crippen molar-refractivity contribution in [3.05, 3.63) is 24.3 Å². The highest BCUT2D eigenvalue weighted by Crippen LogP contribution is 2.12. The zero-order chi connectivity index (χ0) is 31.3. The fourth-order valence-corrected chi connectivity index (χ4v) is 4.88. The second-order valence-corrected chi connectivity index (χ2v) is 12.6. The number of nitrogens with zero attached hydrogens (tertiary/aromatic N) is 1. The number of hydrogen-bond donors (Lipinski definition) is 2. The Morgan fingerprint density at radius 2 is 1.21 bits per heavy atom. The van der Waals surface area contributed by atoms with Gasteiger partial charge in [0.1, 0.15) is 12.7 Å². The molecule has 7 nitrogen and oxygen atoms in total. The van der Waals surface area contributed by atoms with Crippen molar-refractivity contribution in [1.82, 2.24) is 0 Å². The Labute approximate surface area is 258 Å². The first-order valence-corrected chi connectivity index (χ1v) is 16.9. The van der Waals surface area contributed by atoms with Gasteiger partial charge in [-0.25, -0.2) is 4.79 Å². The molecule has 246 valence electrons. The van der Waals surface area contributed by atoms with Gasteiger partial charge in [-0.15, -0.1) is 0 Å². The lowest BCUT2D eigenvalue weighted by atomic mass is 10.1. The molecule has 0 heterocycles. The molecule has 0 aliphatic carbocycles. The molecule has 0 fully saturated rings. The van der Waals surface area contributed by atoms with Crippen LogP contribution >= 0.6 is 0 Å². The maximum Gasteiger partial charge on any atom is 0.362 e. The number of aliphatic hydroxyl groups is 1. The van der Waals surface area contributed by atoms with Gasteiger partial charge in [0.05, 0.1) is 34.4 Å². The van der Waals surface area contributed by atoms with E-state index in [1.807, 2.05) is 21.1 Å². The van der Waals surface area contributed by atoms with Crippen molar-refractivity contribution in [2.75, 3.05) is 41.0 Å². The van der Waals surface area contributed by atoms with Crippen LogP contribution in [0.3, 0.4) is 0 Å². The molecule has 0 amide bonds. The van der Waals surface area contributed by atoms with Crippen LogP contribution in [0.25, 0.3) is 0 Å². The molecule has 0 aromatic heterocycles. The Morgan fingerprint density at radius 3 is 1.71 bits per heavy atom. The summed E-state index contributed by atoms with van der Waals surface area (Å²) >= 11 is 0. The van der Waals surface area contributed by atoms with Gasteiger partial charge in [0, 0.05) is 12.8 Å². The molecule has 7 heteroatoms. The van der Waals surface area contributed by atoms with E-state index in [4.69, 9.17) is 9.47 Å². The van der Waals surface area contributed by atoms with Gasteiger partial charge in [-0.2, -0.15) is 0 Å². The van der Waals surface area contributed by atoms with Gasteiger partial charge in [0.25, 0.3) is 0 Å². The Balaban J connectivity index is 3.50. The standard InChI is InChI=1S/C35H65NO6/c1-5-6-7-8-9-10-11-12-13-14-15-16-17-18-19-20-21-22-23-24-25-26-27-34(38)42-31-32(37)30-41-29-28-33(35(39)40)36(2,3)4/h14-15,17-18,32-33,37H,5-13,16,19-31H2,1-4H3/p+1/b15-14+,18-17+. The molecule has 0 aliphatic rings. The largest absolute Gasteiger partial charge is 0.477 e. The van der Waals surface area contributed by atoms with Gasteiger partial charge in [0.15, 0.2) is 6.04 Å². The molecule has 0 aliphatic heterocycles. The fourth-order valence-electron chi connectivity index (χ4n) is 4.88. The van der Waals surface area contributed by atoms with Crippen LogP contribution in [-0.2, 0) is 19.1 Å². The maximum absolute atomic E-state index is 11.9. The van der Waals surface area contributed by atoms with E-state index in [9.17, 15) is 19.8 Å². The average molecular weight is 597 g/mol. The van der Waals surface area contributed by atoms with Crippen LogP contribution < -0.4 is 0 Å². The molecule has 0 saturated carbocycles. The smallest absolute Gasteiger partial charge is 0.362 e. The summed E-state index contributed by atoms with van der Waals surface area (Å²) in [5, 5.41) is 19.3. The van der Waals surface area contributed by atoms with Crippen molar-refractivity contribution >= 4 is 11.9 Å². The number of rotatable bonds is 30. The lowest BCUT2D eigenvalue weighted by Gasteiger charge is -2.31. The number of quaternary nitrogens is 1. The summed E-state index contributed by atoms with van der Waals surface area (Å²) in [4.78, 5) is 23.3. The number of aliphatic hydroxyl groups excluding tert-OH is 1. The van der Waals surface area contributed by atoms with Crippen molar-refractivity contribution in [1.29, 1.82) is 0 Å². The summed E-state index contributed by atoms with van der Waals surface area (Å²) in [6, 6.07) is -0.575. The summed E-state index contributed by atoms with van der Waals surface area (Å²) in [7, 11) is 5.48. The topological polar surface area (TPSA) is 93.1 Å². The predicted molar refractivity (Wildman–Crippen MR) is 174 cm³/mol. The quantitative estimate of drug-likeness (QED) is 0.0378. The SMILES string of the molecule is CCCCCCCCCC/C=C/C/C=C/CCCCCCCCCC(=O)OCC(O)COCCC(C(=O)O)[N+](C)(C)C. The molecule has 0 rings (SSSR count). The third-order valence-corrected chi connectivity index (χ3v) is 7.58. The minimum Gasteiger partial charge on any atom is -0.477 e. The van der Waals surface area contributed by atoms with Gasteiger partial charge in [0.2, 0.25) is 0 Å². The molecule has 42 heavy (non-hydrogen) atoms. The number of esters is 1. The van der Waals surface area contributed by atoms with Crippen LogP contribution in [0.1, 0.15) is 135 Å². The zero-order valence-corrected chi connectivity index (χ0v) is 27.7. The van der Waals surface area contributed by atoms with E-state index >= 15 is 0 Å². The number of ether oxygens (including phenoxy) is 2. The number of unbranched alkanes of at least 4 members (excludes halogenated alkanes) is 15. The van der Waals surface area contributed by atoms with Crippen molar-refractivity contribution < 1.29 is 33.8 Å². The van der Waals surface area contributed by atoms with Crippen LogP contribution in [0, 0.1) is 0 Å². The molecule has 2 unspecified atom stereocenters. The Bertz CT molecular complexity index is 700. The summed E-state index contributed by atoms with van der Waals surface area (Å²) in [6.45, 7) is 2.42. The third kappa shape index (κ3) is 27.2. The highest BCUT2D eigenvalue weighted by atomic mass is 16.5. The molecule has 2 N–H and O–H groups in total. The lowest BCUT2D eigenvalue weighted by molar-refractivity contribution is -0.887. The molecule has 0 bridgehead atoms. The highest BCUT2D eigenvalue weighted by molar-refractivity contribution is 5.72. The van der Waals surface area contributed by atoms with Crippen LogP contribution in [0.2, 0.25) is 0 Å². The first-order valence-electron chi connectivity index (χ1n) is 16.9. The second kappa shape index (κ2) is 28.1. The van der Waals surface area contributed by atoms with E-state index in [0.29, 0.717) is 17.3 Å². The van der Waals surface area contributed by atoms with Gasteiger partial charge in [-0.1, -0.05) is 108 Å². The molecular formula is C35H66NO6+. The van der Waals surface area contributed by atoms with Crippen molar-refractivity contribution in [2.24, 2.45) is 0 Å². The molecule has 0 aromatic carbocycles. The van der Waals surface area contributed by atoms with E-state index in [1.165, 1.54) is 83.5 Å². The lowest BCUT2D eigenvalue weighted by Crippen LogP contribution is -2.50. The number of aliphatic carboxylic acids is 1. The van der Waals surface area contributed by atoms with Crippen LogP contribution in [0.15, 0.2) is 24.3 Å². The second-order valence-electron chi connectivity index (χ2n) is 12.6. The monoisotopic (exact) mass is 596 g/mol. The molecular weight excluding hydrogens is 530 g/mol. The van der Waals surface area contributed by atoms with E-state index in [-0.39, 0.29) is 25.8 Å². The van der Waals surface area contributed by atoms with Gasteiger partial charge in [-0.05, 0) is 38.5 Å². The minimum atomic E-state index is -0.905. The van der Waals surface area contributed by atoms with E-state index in [2.05, 4.69) is 31.2 Å². The summed E-state index contributed by atoms with van der Waals surface area (Å²) < 4.78 is 10.8. The first-order chi connectivity index (χ1) is 20.2. The van der Waals surface area contributed by atoms with E-state index in [0.717, 1.165) is 32.1 Å². The summed E-state index contributed by atoms with van der Waals surface area (Å²) in [6.07, 6.45) is 31.5. The van der Waals surface area contributed by atoms with E-state index < -0.39 is 18.1 Å². The highest BCUT2D eigenvalue weighted by Gasteiger charge is 2.30. The van der Waals surface area contributed by atoms with Crippen LogP contribution in [0.5, 0.6) is 0 Å². The van der Waals surface area contributed by atoms with E-state index in [1.54, 1.807) is 0 Å². The first kappa shape index (κ1) is 40.3. The Kier molecular flexibility index (Phi) is 27.0. The zero-order valence-electron chi connectivity index (χ0n) is 27.7. The van der Waals surface area contributed by atoms with Gasteiger partial charge < -0.3 is 24.2 Å². The maximum atomic E-state index is 11.9. The normalized spacial score (nSPS) is 13.6. The Hall–Kier alpha value is -1.70. The van der Waals surface area contributed by atoms with Gasteiger partial charge >= 0.3 is 11.9 Å². The van der Waals surface area contributed by atoms with Crippen LogP contribution in [-0.4, -0.2) is 79.7 Å². The number of hydrogen-bond acceptors (Lipinski definition) is 5. The predicted octanol–water partition coefficient (Wildman–Crippen LogP) is 8.00. The molecule has 2 atom stereocenters. The van der Waals surface area contributed by atoms with Crippen molar-refractivity contribution in [2.45, 2.75) is 147 Å². The Morgan fingerprint density at radius 1 is 0.714 bits per heavy atom. The van der Waals surface area contributed by atoms with Crippen molar-refractivity contribution in [3.8, 4) is 0 Å². The number of carbonyl (C=O) groups is 2. The molecule has 0 spiro atoms. The summed E-state index contributed by atoms with van der Waals surface area (Å²) in [5.41, 5.74) is 0. The number of likely N-dealkylation sites (N-methyl/N-ethyl adjacent to an activating group) is 1. The fraction of sp³-hybridized carbons (Fsp3) is 0.829. The number of allylic oxidation sites excluding steroid dienone is 4. The van der Waals surface area contributed by atoms with Crippen molar-refractivity contribution in [3.63, 3.8) is 0 Å². The third-order valence-electron chi connectivity index (χ3n) is 7.58. The van der Waals surface area contributed by atoms with Crippen LogP contribution in [0.4, 0.5) is 0 Å². The average Bonchev–Trinajstić information content (AvgIpc) is 2.93. The molecule has 0 radical (unpaired) electrons. The minimum absolute atomic E-state index is 0.0169. The number of carboxylic acids is 1. The molecule has 0 saturated heterocycles.